The van der Waals surface area contributed by atoms with E-state index in [1.165, 1.54) is 204 Å². The van der Waals surface area contributed by atoms with Gasteiger partial charge in [0.25, 0.3) is 0 Å². The van der Waals surface area contributed by atoms with E-state index in [1.807, 2.05) is 29.5 Å². The van der Waals surface area contributed by atoms with Gasteiger partial charge in [-0.1, -0.05) is 113 Å². The number of nitrogens with zero attached hydrogens (tertiary/aromatic N) is 4. The van der Waals surface area contributed by atoms with Crippen LogP contribution in [0, 0.1) is 67.7 Å². The maximum absolute atomic E-state index is 14.6. The number of anilines is 1. The van der Waals surface area contributed by atoms with Gasteiger partial charge in [0, 0.05) is 6.92 Å². The van der Waals surface area contributed by atoms with E-state index < -0.39 is 121 Å². The lowest BCUT2D eigenvalue weighted by Gasteiger charge is -2.17. The molecule has 35 heteroatoms. The Kier molecular flexibility index (Phi) is 29.5. The summed E-state index contributed by atoms with van der Waals surface area (Å²) < 4.78 is 187. The van der Waals surface area contributed by atoms with Crippen molar-refractivity contribution in [2.75, 3.05) is 5.73 Å². The molecule has 8 heterocycles. The minimum Gasteiger partial charge on any atom is -0.458 e. The predicted molar refractivity (Wildman–Crippen MR) is 505 cm³/mol. The van der Waals surface area contributed by atoms with E-state index >= 15 is 0 Å². The Balaban J connectivity index is 0.000000132. The maximum atomic E-state index is 14.6. The molecular weight excluding hydrogens is 2030 g/mol. The van der Waals surface area contributed by atoms with Gasteiger partial charge in [0.15, 0.2) is 17.2 Å². The molecule has 0 radical (unpaired) electrons. The molecule has 19 rings (SSSR count). The number of rotatable bonds is 12. The molecule has 0 fully saturated rings. The van der Waals surface area contributed by atoms with Gasteiger partial charge in [-0.3, -0.25) is 33.6 Å². The molecule has 0 saturated heterocycles. The first-order valence-electron chi connectivity index (χ1n) is 40.6. The van der Waals surface area contributed by atoms with Gasteiger partial charge >= 0.3 is 0 Å². The van der Waals surface area contributed by atoms with E-state index in [9.17, 15) is 97.2 Å². The summed E-state index contributed by atoms with van der Waals surface area (Å²) >= 11 is 8.47. The minimum absolute atomic E-state index is 0.0182. The van der Waals surface area contributed by atoms with E-state index in [0.29, 0.717) is 20.5 Å². The second kappa shape index (κ2) is 41.1. The molecule has 0 amide bonds. The van der Waals surface area contributed by atoms with Crippen LogP contribution in [0.5, 0.6) is 0 Å². The van der Waals surface area contributed by atoms with Crippen molar-refractivity contribution in [2.24, 2.45) is 0 Å². The summed E-state index contributed by atoms with van der Waals surface area (Å²) in [6, 6.07) is 50.4. The molecule has 21 nitrogen and oxygen atoms in total. The number of alkyl halides is 1. The fraction of sp³-hybridized carbons (Fsp3) is 0.109. The fourth-order valence-electron chi connectivity index (χ4n) is 14.8. The molecule has 11 aromatic carbocycles. The zero-order valence-electron chi connectivity index (χ0n) is 71.2. The number of hydrogen-bond acceptors (Lipinski definition) is 20. The van der Waals surface area contributed by atoms with Crippen molar-refractivity contribution in [1.82, 2.24) is 19.7 Å². The fourth-order valence-corrected chi connectivity index (χ4v) is 16.9. The summed E-state index contributed by atoms with van der Waals surface area (Å²) in [5.74, 6) is -6.77. The van der Waals surface area contributed by atoms with Crippen LogP contribution in [-0.2, 0) is 0 Å². The standard InChI is InChI=1S/C22H14F2IN5O2.3C17H12F2O3.C17H10F2O3.C11H7Br2FO2/c1-10(30-22-17(20(25)29-30)21(26)27-9-28-22)19-15(11-4-2-5-12(23)8-11)18(31)16-13(24)6-3-7-14(16)32-19;4*1-9(20)17-14(10-4-2-5-11(18)8-10)16(21)15-12(19)6-3-7-13(15)22-17;1-5(12)11-9(13)10(15)8-6(14)3-2-4-7(8)16-11/h2-10H,1H3,(H2,26,27,28);3*2-9,20H,1H3;2-8H,1H3;2-5H,1H3/t;9-;;;;/m.1..../s1. The Hall–Kier alpha value is -14.5. The third-order valence-corrected chi connectivity index (χ3v) is 22.8. The van der Waals surface area contributed by atoms with Gasteiger partial charge in [0.05, 0.1) is 38.0 Å². The Morgan fingerprint density at radius 1 is 0.360 bits per heavy atom. The molecule has 0 aliphatic carbocycles. The molecule has 136 heavy (non-hydrogen) atoms. The molecule has 5 atom stereocenters. The number of aromatic nitrogens is 4. The van der Waals surface area contributed by atoms with Crippen LogP contribution in [0.2, 0.25) is 0 Å². The normalized spacial score (nSPS) is 12.3. The second-order valence-corrected chi connectivity index (χ2v) is 33.4. The summed E-state index contributed by atoms with van der Waals surface area (Å²) in [7, 11) is 0. The highest BCUT2D eigenvalue weighted by Crippen LogP contribution is 2.39. The number of benzene rings is 11. The lowest BCUT2D eigenvalue weighted by atomic mass is 9.99. The highest BCUT2D eigenvalue weighted by atomic mass is 127. The van der Waals surface area contributed by atoms with Crippen LogP contribution < -0.4 is 38.3 Å². The van der Waals surface area contributed by atoms with Gasteiger partial charge in [0.2, 0.25) is 32.6 Å². The molecule has 0 spiro atoms. The number of ketones is 1. The number of aliphatic hydroxyl groups excluding tert-OH is 3. The minimum atomic E-state index is -1.10. The number of aliphatic hydroxyl groups is 3. The first kappa shape index (κ1) is 97.5. The van der Waals surface area contributed by atoms with Gasteiger partial charge in [-0.05, 0) is 234 Å². The van der Waals surface area contributed by atoms with Crippen LogP contribution in [0.25, 0.3) is 132 Å². The van der Waals surface area contributed by atoms with E-state index in [-0.39, 0.29) is 171 Å². The summed E-state index contributed by atoms with van der Waals surface area (Å²) in [6.45, 7) is 9.08. The van der Waals surface area contributed by atoms with E-state index in [2.05, 4.69) is 46.9 Å². The number of fused-ring (bicyclic) bond motifs is 7. The van der Waals surface area contributed by atoms with Crippen LogP contribution in [0.1, 0.15) is 110 Å². The van der Waals surface area contributed by atoms with E-state index in [0.717, 1.165) is 48.5 Å². The summed E-state index contributed by atoms with van der Waals surface area (Å²) in [5.41, 5.74) is 4.23. The molecule has 4 unspecified atom stereocenters. The average molecular weight is 2100 g/mol. The Labute approximate surface area is 789 Å². The lowest BCUT2D eigenvalue weighted by Crippen LogP contribution is -2.17. The van der Waals surface area contributed by atoms with Gasteiger partial charge in [0.1, 0.15) is 203 Å². The van der Waals surface area contributed by atoms with E-state index in [1.54, 1.807) is 23.7 Å². The molecule has 5 N–H and O–H groups in total. The van der Waals surface area contributed by atoms with Crippen molar-refractivity contribution in [3.63, 3.8) is 0 Å². The monoisotopic (exact) mass is 2100 g/mol. The van der Waals surface area contributed by atoms with Crippen molar-refractivity contribution < 1.29 is 94.9 Å². The smallest absolute Gasteiger partial charge is 0.210 e. The van der Waals surface area contributed by atoms with Crippen LogP contribution in [0.4, 0.5) is 54.1 Å². The highest BCUT2D eigenvalue weighted by Gasteiger charge is 2.31. The highest BCUT2D eigenvalue weighted by molar-refractivity contribution is 14.1. The maximum Gasteiger partial charge on any atom is 0.210 e. The molecule has 19 aromatic rings. The SMILES string of the molecule is CC(=O)c1oc2cccc(F)c2c(=O)c1-c1cccc(F)c1.CC(Br)c1oc2cccc(F)c2c(=O)c1Br.CC(O)c1oc2cccc(F)c2c(=O)c1-c1cccc(F)c1.CC(O)c1oc2cccc(F)c2c(=O)c1-c1cccc(F)c1.CC(c1oc2cccc(F)c2c(=O)c1-c1cccc(F)c1)n1nc(I)c2c(N)ncnc21.C[C@@H](O)c1oc2cccc(F)c2c(=O)c1-c1cccc(F)c1. The summed E-state index contributed by atoms with van der Waals surface area (Å²) in [6.07, 6.45) is -1.98. The number of hydrogen-bond donors (Lipinski definition) is 4. The molecule has 0 saturated carbocycles. The van der Waals surface area contributed by atoms with Gasteiger partial charge in [-0.15, -0.1) is 0 Å². The third kappa shape index (κ3) is 20.0. The Bertz CT molecular complexity index is 7990. The van der Waals surface area contributed by atoms with Crippen molar-refractivity contribution in [1.29, 1.82) is 0 Å². The quantitative estimate of drug-likeness (QED) is 0.0382. The molecule has 690 valence electrons. The van der Waals surface area contributed by atoms with Crippen LogP contribution in [0.3, 0.4) is 0 Å². The second-order valence-electron chi connectivity index (χ2n) is 30.2. The summed E-state index contributed by atoms with van der Waals surface area (Å²) in [5, 5.41) is 33.6. The Morgan fingerprint density at radius 2 is 0.618 bits per heavy atom. The number of nitrogen functional groups attached to an aromatic ring is 1. The average Bonchev–Trinajstić information content (AvgIpc) is 1.43. The molecule has 8 aromatic heterocycles. The predicted octanol–water partition coefficient (Wildman–Crippen LogP) is 24.1. The van der Waals surface area contributed by atoms with Gasteiger partial charge in [-0.25, -0.2) is 62.9 Å². The first-order valence-corrected chi connectivity index (χ1v) is 43.4. The molecule has 0 aliphatic heterocycles. The number of nitrogens with two attached hydrogens (primary N) is 1. The zero-order chi connectivity index (χ0) is 97.9. The first-order chi connectivity index (χ1) is 64.8. The van der Waals surface area contributed by atoms with Crippen molar-refractivity contribution in [3.8, 4) is 55.6 Å². The number of carbonyl (C=O) groups excluding carboxylic acids is 1. The number of halogens is 14. The van der Waals surface area contributed by atoms with Crippen molar-refractivity contribution >= 4 is 143 Å². The van der Waals surface area contributed by atoms with Gasteiger partial charge in [-0.2, -0.15) is 5.10 Å². The lowest BCUT2D eigenvalue weighted by molar-refractivity contribution is 0.0988. The molecule has 0 bridgehead atoms. The van der Waals surface area contributed by atoms with E-state index in [4.69, 9.17) is 32.2 Å². The van der Waals surface area contributed by atoms with Crippen LogP contribution in [0.15, 0.2) is 297 Å². The Morgan fingerprint density at radius 3 is 0.904 bits per heavy atom. The van der Waals surface area contributed by atoms with Crippen molar-refractivity contribution in [3.05, 3.63) is 405 Å². The summed E-state index contributed by atoms with van der Waals surface area (Å²) in [4.78, 5) is 95.9. The third-order valence-electron chi connectivity index (χ3n) is 20.9. The topological polar surface area (TPSA) is 329 Å². The largest absolute Gasteiger partial charge is 0.458 e. The molecule has 0 aliphatic rings. The van der Waals surface area contributed by atoms with Crippen molar-refractivity contribution in [2.45, 2.75) is 70.7 Å². The molecular formula is C101H67Br2F11IN5O16. The van der Waals surface area contributed by atoms with Gasteiger partial charge < -0.3 is 47.6 Å². The number of Topliss-reactive ketones (excluding diaryl/α,β-unsaturated/α-hetero) is 1. The number of carbonyl (C=O) groups is 1. The van der Waals surface area contributed by atoms with Crippen LogP contribution >= 0.6 is 54.5 Å². The van der Waals surface area contributed by atoms with Crippen LogP contribution in [-0.4, -0.2) is 40.9 Å². The zero-order valence-corrected chi connectivity index (χ0v) is 76.5.